The minimum atomic E-state index is -0.488. The summed E-state index contributed by atoms with van der Waals surface area (Å²) in [6.45, 7) is 0. The number of ether oxygens (including phenoxy) is 1. The molecule has 0 radical (unpaired) electrons. The molecular formula is C10H7BrN2O3. The van der Waals surface area contributed by atoms with Gasteiger partial charge in [0.05, 0.1) is 12.0 Å². The fourth-order valence-corrected chi connectivity index (χ4v) is 2.04. The fraction of sp³-hybridized carbons (Fsp3) is 0.100. The Kier molecular flexibility index (Phi) is 2.74. The lowest BCUT2D eigenvalue weighted by molar-refractivity contribution is -0.385. The lowest BCUT2D eigenvalue weighted by atomic mass is 10.2. The maximum Gasteiger partial charge on any atom is 0.314 e. The van der Waals surface area contributed by atoms with Crippen LogP contribution in [0.1, 0.15) is 0 Å². The highest BCUT2D eigenvalue weighted by molar-refractivity contribution is 9.10. The Labute approximate surface area is 99.3 Å². The molecule has 0 spiro atoms. The smallest absolute Gasteiger partial charge is 0.314 e. The third-order valence-electron chi connectivity index (χ3n) is 2.18. The number of rotatable bonds is 2. The van der Waals surface area contributed by atoms with Gasteiger partial charge in [0.2, 0.25) is 5.75 Å². The third-order valence-corrected chi connectivity index (χ3v) is 2.83. The van der Waals surface area contributed by atoms with E-state index in [-0.39, 0.29) is 11.4 Å². The van der Waals surface area contributed by atoms with Gasteiger partial charge < -0.3 is 4.74 Å². The molecule has 1 aromatic heterocycles. The molecule has 2 rings (SSSR count). The molecule has 0 saturated heterocycles. The number of aromatic nitrogens is 1. The summed E-state index contributed by atoms with van der Waals surface area (Å²) in [5.74, 6) is 0.184. The van der Waals surface area contributed by atoms with E-state index < -0.39 is 4.92 Å². The Morgan fingerprint density at radius 3 is 2.94 bits per heavy atom. The van der Waals surface area contributed by atoms with Gasteiger partial charge in [-0.25, -0.2) is 0 Å². The van der Waals surface area contributed by atoms with Crippen molar-refractivity contribution >= 4 is 32.5 Å². The van der Waals surface area contributed by atoms with Crippen molar-refractivity contribution in [3.8, 4) is 5.75 Å². The first-order valence-corrected chi connectivity index (χ1v) is 5.20. The van der Waals surface area contributed by atoms with E-state index in [2.05, 4.69) is 20.9 Å². The number of pyridine rings is 1. The second kappa shape index (κ2) is 4.05. The molecule has 1 heterocycles. The summed E-state index contributed by atoms with van der Waals surface area (Å²) in [6.07, 6.45) is 1.57. The van der Waals surface area contributed by atoms with Crippen molar-refractivity contribution in [2.75, 3.05) is 7.11 Å². The zero-order valence-electron chi connectivity index (χ0n) is 8.31. The number of benzene rings is 1. The number of nitro groups is 1. The van der Waals surface area contributed by atoms with E-state index in [0.29, 0.717) is 9.99 Å². The molecule has 0 aliphatic carbocycles. The van der Waals surface area contributed by atoms with Gasteiger partial charge in [0, 0.05) is 22.1 Å². The molecule has 1 aromatic carbocycles. The number of nitro benzene ring substituents is 1. The summed E-state index contributed by atoms with van der Waals surface area (Å²) in [5, 5.41) is 11.6. The summed E-state index contributed by atoms with van der Waals surface area (Å²) in [5.41, 5.74) is 0.381. The van der Waals surface area contributed by atoms with Crippen LogP contribution in [0.15, 0.2) is 28.9 Å². The molecule has 0 aliphatic heterocycles. The van der Waals surface area contributed by atoms with Crippen molar-refractivity contribution < 1.29 is 9.66 Å². The van der Waals surface area contributed by atoms with E-state index in [1.165, 1.54) is 13.2 Å². The van der Waals surface area contributed by atoms with Gasteiger partial charge in [0.1, 0.15) is 5.52 Å². The van der Waals surface area contributed by atoms with Gasteiger partial charge in [-0.05, 0) is 28.1 Å². The van der Waals surface area contributed by atoms with Gasteiger partial charge in [-0.1, -0.05) is 0 Å². The Morgan fingerprint density at radius 1 is 1.56 bits per heavy atom. The van der Waals surface area contributed by atoms with E-state index in [4.69, 9.17) is 4.74 Å². The summed E-state index contributed by atoms with van der Waals surface area (Å²) in [4.78, 5) is 14.5. The first-order valence-electron chi connectivity index (χ1n) is 4.40. The van der Waals surface area contributed by atoms with Crippen LogP contribution in [0, 0.1) is 10.1 Å². The van der Waals surface area contributed by atoms with Crippen molar-refractivity contribution in [3.05, 3.63) is 39.0 Å². The zero-order chi connectivity index (χ0) is 11.7. The molecule has 82 valence electrons. The first kappa shape index (κ1) is 10.8. The Bertz CT molecular complexity index is 571. The topological polar surface area (TPSA) is 65.3 Å². The molecule has 2 aromatic rings. The highest BCUT2D eigenvalue weighted by Crippen LogP contribution is 2.38. The van der Waals surface area contributed by atoms with Crippen molar-refractivity contribution in [1.29, 1.82) is 0 Å². The predicted molar refractivity (Wildman–Crippen MR) is 62.6 cm³/mol. The zero-order valence-corrected chi connectivity index (χ0v) is 9.89. The molecule has 0 amide bonds. The lowest BCUT2D eigenvalue weighted by Gasteiger charge is -2.06. The van der Waals surface area contributed by atoms with Gasteiger partial charge in [0.15, 0.2) is 0 Å². The van der Waals surface area contributed by atoms with Crippen molar-refractivity contribution in [2.24, 2.45) is 0 Å². The van der Waals surface area contributed by atoms with E-state index in [1.807, 2.05) is 6.07 Å². The average molecular weight is 283 g/mol. The normalized spacial score (nSPS) is 10.4. The largest absolute Gasteiger partial charge is 0.489 e. The van der Waals surface area contributed by atoms with Crippen LogP contribution in [0.5, 0.6) is 5.75 Å². The van der Waals surface area contributed by atoms with Gasteiger partial charge in [-0.3, -0.25) is 15.1 Å². The van der Waals surface area contributed by atoms with Crippen LogP contribution in [-0.4, -0.2) is 17.0 Å². The Morgan fingerprint density at radius 2 is 2.31 bits per heavy atom. The average Bonchev–Trinajstić information content (AvgIpc) is 2.29. The molecule has 6 heteroatoms. The van der Waals surface area contributed by atoms with Crippen LogP contribution in [0.3, 0.4) is 0 Å². The van der Waals surface area contributed by atoms with Gasteiger partial charge >= 0.3 is 5.69 Å². The van der Waals surface area contributed by atoms with Crippen LogP contribution in [0.4, 0.5) is 5.69 Å². The molecular weight excluding hydrogens is 276 g/mol. The number of fused-ring (bicyclic) bond motifs is 1. The molecule has 0 atom stereocenters. The van der Waals surface area contributed by atoms with Crippen molar-refractivity contribution in [2.45, 2.75) is 0 Å². The van der Waals surface area contributed by atoms with E-state index >= 15 is 0 Å². The predicted octanol–water partition coefficient (Wildman–Crippen LogP) is 2.91. The maximum atomic E-state index is 10.9. The van der Waals surface area contributed by atoms with Crippen molar-refractivity contribution in [3.63, 3.8) is 0 Å². The van der Waals surface area contributed by atoms with Crippen LogP contribution in [0.25, 0.3) is 10.9 Å². The molecule has 0 fully saturated rings. The molecule has 0 saturated carbocycles. The molecule has 16 heavy (non-hydrogen) atoms. The Balaban J connectivity index is 2.90. The van der Waals surface area contributed by atoms with Crippen molar-refractivity contribution in [1.82, 2.24) is 4.98 Å². The molecule has 0 bridgehead atoms. The Hall–Kier alpha value is -1.69. The number of halogens is 1. The quantitative estimate of drug-likeness (QED) is 0.628. The summed E-state index contributed by atoms with van der Waals surface area (Å²) >= 11 is 3.28. The summed E-state index contributed by atoms with van der Waals surface area (Å²) in [7, 11) is 1.39. The monoisotopic (exact) mass is 282 g/mol. The standard InChI is InChI=1S/C10H7BrN2O3/c1-16-10-8(13(14)15)5-7(11)6-3-2-4-12-9(6)10/h2-5H,1H3. The van der Waals surface area contributed by atoms with Crippen LogP contribution in [0.2, 0.25) is 0 Å². The second-order valence-corrected chi connectivity index (χ2v) is 3.92. The summed E-state index contributed by atoms with van der Waals surface area (Å²) in [6, 6.07) is 5.00. The highest BCUT2D eigenvalue weighted by Gasteiger charge is 2.20. The minimum absolute atomic E-state index is 0.0967. The van der Waals surface area contributed by atoms with Crippen LogP contribution < -0.4 is 4.74 Å². The number of methoxy groups -OCH3 is 1. The molecule has 0 aliphatic rings. The van der Waals surface area contributed by atoms with Crippen LogP contribution in [-0.2, 0) is 0 Å². The highest BCUT2D eigenvalue weighted by atomic mass is 79.9. The summed E-state index contributed by atoms with van der Waals surface area (Å²) < 4.78 is 5.68. The minimum Gasteiger partial charge on any atom is -0.489 e. The molecule has 0 unspecified atom stereocenters. The third kappa shape index (κ3) is 1.61. The molecule has 0 N–H and O–H groups in total. The van der Waals surface area contributed by atoms with E-state index in [9.17, 15) is 10.1 Å². The number of nitrogens with zero attached hydrogens (tertiary/aromatic N) is 2. The van der Waals surface area contributed by atoms with Gasteiger partial charge in [-0.15, -0.1) is 0 Å². The fourth-order valence-electron chi connectivity index (χ4n) is 1.50. The number of hydrogen-bond acceptors (Lipinski definition) is 4. The first-order chi connectivity index (χ1) is 7.65. The maximum absolute atomic E-state index is 10.9. The molecule has 5 nitrogen and oxygen atoms in total. The van der Waals surface area contributed by atoms with E-state index in [1.54, 1.807) is 12.3 Å². The van der Waals surface area contributed by atoms with E-state index in [0.717, 1.165) is 5.39 Å². The SMILES string of the molecule is COc1c([N+](=O)[O-])cc(Br)c2cccnc12. The second-order valence-electron chi connectivity index (χ2n) is 3.07. The van der Waals surface area contributed by atoms with Gasteiger partial charge in [-0.2, -0.15) is 0 Å². The van der Waals surface area contributed by atoms with Crippen LogP contribution >= 0.6 is 15.9 Å². The number of hydrogen-bond donors (Lipinski definition) is 0. The van der Waals surface area contributed by atoms with Gasteiger partial charge in [0.25, 0.3) is 0 Å². The lowest BCUT2D eigenvalue weighted by Crippen LogP contribution is -1.96.